The molecule has 0 fully saturated rings. The number of hydrogen-bond acceptors (Lipinski definition) is 2. The molecule has 1 N–H and O–H groups in total. The lowest BCUT2D eigenvalue weighted by Gasteiger charge is -2.15. The second-order valence-electron chi connectivity index (χ2n) is 2.68. The zero-order valence-corrected chi connectivity index (χ0v) is 8.80. The third-order valence-electron chi connectivity index (χ3n) is 1.63. The van der Waals surface area contributed by atoms with Crippen molar-refractivity contribution in [3.05, 3.63) is 22.7 Å². The molecule has 66 valence electrons. The molecule has 0 aliphatic carbocycles. The van der Waals surface area contributed by atoms with E-state index in [1.54, 1.807) is 0 Å². The van der Waals surface area contributed by atoms with E-state index in [1.807, 2.05) is 18.4 Å². The van der Waals surface area contributed by atoms with Crippen molar-refractivity contribution >= 4 is 23.0 Å². The summed E-state index contributed by atoms with van der Waals surface area (Å²) in [6.45, 7) is 2.97. The van der Waals surface area contributed by atoms with Gasteiger partial charge in [0.05, 0.1) is 0 Å². The highest BCUT2D eigenvalue weighted by molar-refractivity contribution is 9.12. The predicted molar refractivity (Wildman–Crippen MR) is 55.9 cm³/mol. The molecule has 0 radical (unpaired) electrons. The van der Waals surface area contributed by atoms with Crippen LogP contribution in [0.25, 0.3) is 0 Å². The lowest BCUT2D eigenvalue weighted by Crippen LogP contribution is -2.35. The summed E-state index contributed by atoms with van der Waals surface area (Å²) in [6, 6.07) is 0. The van der Waals surface area contributed by atoms with Crippen molar-refractivity contribution in [1.82, 2.24) is 5.23 Å². The Morgan fingerprint density at radius 2 is 2.50 bits per heavy atom. The SMILES string of the molecule is CCCCOB1NC=CC=C1Br. The molecule has 1 aliphatic heterocycles. The molecular formula is C8H13BBrNO. The quantitative estimate of drug-likeness (QED) is 0.590. The van der Waals surface area contributed by atoms with Crippen LogP contribution in [-0.2, 0) is 4.65 Å². The first-order valence-corrected chi connectivity index (χ1v) is 5.03. The molecule has 0 aromatic rings. The van der Waals surface area contributed by atoms with Crippen LogP contribution in [0.1, 0.15) is 19.8 Å². The summed E-state index contributed by atoms with van der Waals surface area (Å²) in [4.78, 5) is 0. The van der Waals surface area contributed by atoms with Gasteiger partial charge in [-0.05, 0) is 18.7 Å². The van der Waals surface area contributed by atoms with Crippen LogP contribution in [-0.4, -0.2) is 13.7 Å². The van der Waals surface area contributed by atoms with Crippen molar-refractivity contribution in [2.75, 3.05) is 6.61 Å². The minimum Gasteiger partial charge on any atom is -0.413 e. The van der Waals surface area contributed by atoms with Gasteiger partial charge in [-0.25, -0.2) is 0 Å². The maximum Gasteiger partial charge on any atom is 0.456 e. The smallest absolute Gasteiger partial charge is 0.413 e. The van der Waals surface area contributed by atoms with Crippen molar-refractivity contribution < 1.29 is 4.65 Å². The monoisotopic (exact) mass is 229 g/mol. The van der Waals surface area contributed by atoms with E-state index in [9.17, 15) is 0 Å². The highest BCUT2D eigenvalue weighted by Crippen LogP contribution is 2.12. The first-order valence-electron chi connectivity index (χ1n) is 4.24. The minimum atomic E-state index is 0.0153. The average molecular weight is 230 g/mol. The molecule has 0 saturated heterocycles. The largest absolute Gasteiger partial charge is 0.456 e. The number of rotatable bonds is 4. The predicted octanol–water partition coefficient (Wildman–Crippen LogP) is 2.23. The van der Waals surface area contributed by atoms with Crippen molar-refractivity contribution in [2.24, 2.45) is 0 Å². The van der Waals surface area contributed by atoms with Crippen molar-refractivity contribution in [3.8, 4) is 0 Å². The number of unbranched alkanes of at least 4 members (excludes halogenated alkanes) is 1. The highest BCUT2D eigenvalue weighted by Gasteiger charge is 2.19. The van der Waals surface area contributed by atoms with Crippen LogP contribution in [0, 0.1) is 0 Å². The van der Waals surface area contributed by atoms with E-state index in [0.29, 0.717) is 0 Å². The van der Waals surface area contributed by atoms with Crippen LogP contribution >= 0.6 is 15.9 Å². The van der Waals surface area contributed by atoms with Crippen LogP contribution in [0.2, 0.25) is 0 Å². The van der Waals surface area contributed by atoms with E-state index in [4.69, 9.17) is 4.65 Å². The fraction of sp³-hybridized carbons (Fsp3) is 0.500. The van der Waals surface area contributed by atoms with Gasteiger partial charge in [0, 0.05) is 11.0 Å². The van der Waals surface area contributed by atoms with Gasteiger partial charge in [-0.15, -0.1) is 0 Å². The fourth-order valence-corrected chi connectivity index (χ4v) is 1.34. The van der Waals surface area contributed by atoms with Gasteiger partial charge in [0.25, 0.3) is 0 Å². The molecule has 4 heteroatoms. The first kappa shape index (κ1) is 9.87. The van der Waals surface area contributed by atoms with E-state index >= 15 is 0 Å². The summed E-state index contributed by atoms with van der Waals surface area (Å²) in [5.74, 6) is 0. The van der Waals surface area contributed by atoms with Gasteiger partial charge >= 0.3 is 7.05 Å². The second kappa shape index (κ2) is 5.43. The van der Waals surface area contributed by atoms with Crippen LogP contribution in [0.5, 0.6) is 0 Å². The van der Waals surface area contributed by atoms with Gasteiger partial charge in [0.1, 0.15) is 0 Å². The molecule has 0 amide bonds. The van der Waals surface area contributed by atoms with Crippen molar-refractivity contribution in [3.63, 3.8) is 0 Å². The molecule has 0 aromatic carbocycles. The molecule has 0 bridgehead atoms. The molecule has 0 aromatic heterocycles. The van der Waals surface area contributed by atoms with E-state index < -0.39 is 0 Å². The Hall–Kier alpha value is -0.215. The van der Waals surface area contributed by atoms with Crippen molar-refractivity contribution in [2.45, 2.75) is 19.8 Å². The average Bonchev–Trinajstić information content (AvgIpc) is 2.09. The summed E-state index contributed by atoms with van der Waals surface area (Å²) in [6.07, 6.45) is 8.12. The number of halogens is 1. The molecular weight excluding hydrogens is 217 g/mol. The van der Waals surface area contributed by atoms with Gasteiger partial charge in [-0.3, -0.25) is 0 Å². The Balaban J connectivity index is 2.24. The molecule has 0 spiro atoms. The summed E-state index contributed by atoms with van der Waals surface area (Å²) >= 11 is 3.43. The number of hydrogen-bond donors (Lipinski definition) is 1. The van der Waals surface area contributed by atoms with Gasteiger partial charge in [0.2, 0.25) is 0 Å². The van der Waals surface area contributed by atoms with Gasteiger partial charge in [0.15, 0.2) is 0 Å². The van der Waals surface area contributed by atoms with Gasteiger partial charge < -0.3 is 9.88 Å². The third kappa shape index (κ3) is 3.03. The zero-order valence-electron chi connectivity index (χ0n) is 7.22. The molecule has 1 heterocycles. The molecule has 0 saturated carbocycles. The van der Waals surface area contributed by atoms with E-state index in [-0.39, 0.29) is 7.05 Å². The van der Waals surface area contributed by atoms with Crippen LogP contribution in [0.4, 0.5) is 0 Å². The lowest BCUT2D eigenvalue weighted by atomic mass is 9.81. The number of allylic oxidation sites excluding steroid dienone is 2. The molecule has 0 unspecified atom stereocenters. The van der Waals surface area contributed by atoms with Crippen LogP contribution in [0.15, 0.2) is 22.7 Å². The molecule has 0 atom stereocenters. The first-order chi connectivity index (χ1) is 5.84. The maximum atomic E-state index is 5.56. The Kier molecular flexibility index (Phi) is 4.47. The van der Waals surface area contributed by atoms with Crippen molar-refractivity contribution in [1.29, 1.82) is 0 Å². The minimum absolute atomic E-state index is 0.0153. The second-order valence-corrected chi connectivity index (χ2v) is 3.60. The lowest BCUT2D eigenvalue weighted by molar-refractivity contribution is 0.312. The summed E-state index contributed by atoms with van der Waals surface area (Å²) in [7, 11) is 0.0153. The highest BCUT2D eigenvalue weighted by atomic mass is 79.9. The fourth-order valence-electron chi connectivity index (χ4n) is 0.923. The van der Waals surface area contributed by atoms with E-state index in [0.717, 1.165) is 17.4 Å². The van der Waals surface area contributed by atoms with Crippen LogP contribution in [0.3, 0.4) is 0 Å². The normalized spacial score (nSPS) is 15.8. The molecule has 1 rings (SSSR count). The van der Waals surface area contributed by atoms with Gasteiger partial charge in [-0.1, -0.05) is 35.4 Å². The standard InChI is InChI=1S/C8H13BBrNO/c1-2-3-7-12-9-8(10)5-4-6-11-9/h4-6,11H,2-3,7H2,1H3. The summed E-state index contributed by atoms with van der Waals surface area (Å²) in [5.41, 5.74) is 0. The Morgan fingerprint density at radius 3 is 3.17 bits per heavy atom. The molecule has 2 nitrogen and oxygen atoms in total. The van der Waals surface area contributed by atoms with E-state index in [1.165, 1.54) is 6.42 Å². The Bertz CT molecular complexity index is 193. The zero-order chi connectivity index (χ0) is 8.81. The molecule has 12 heavy (non-hydrogen) atoms. The Labute approximate surface area is 82.3 Å². The van der Waals surface area contributed by atoms with E-state index in [2.05, 4.69) is 28.1 Å². The third-order valence-corrected chi connectivity index (χ3v) is 2.31. The molecule has 1 aliphatic rings. The summed E-state index contributed by atoms with van der Waals surface area (Å²) in [5, 5.41) is 3.11. The summed E-state index contributed by atoms with van der Waals surface area (Å²) < 4.78 is 6.61. The van der Waals surface area contributed by atoms with Crippen LogP contribution < -0.4 is 5.23 Å². The number of nitrogens with one attached hydrogen (secondary N) is 1. The topological polar surface area (TPSA) is 21.3 Å². The maximum absolute atomic E-state index is 5.56. The Morgan fingerprint density at radius 1 is 1.67 bits per heavy atom. The van der Waals surface area contributed by atoms with Gasteiger partial charge in [-0.2, -0.15) is 0 Å².